The largest absolute Gasteiger partial charge is 0.347 e. The number of aromatic nitrogens is 1. The van der Waals surface area contributed by atoms with E-state index in [1.165, 1.54) is 25.9 Å². The van der Waals surface area contributed by atoms with Gasteiger partial charge < -0.3 is 5.32 Å². The van der Waals surface area contributed by atoms with Crippen LogP contribution in [0.2, 0.25) is 0 Å². The maximum atomic E-state index is 12.6. The first kappa shape index (κ1) is 14.2. The molecule has 22 heavy (non-hydrogen) atoms. The molecule has 116 valence electrons. The average Bonchev–Trinajstić information content (AvgIpc) is 2.90. The van der Waals surface area contributed by atoms with Crippen LogP contribution in [0.15, 0.2) is 18.2 Å². The number of nitrogens with one attached hydrogen (secondary N) is 1. The van der Waals surface area contributed by atoms with E-state index in [2.05, 4.69) is 22.1 Å². The molecule has 3 aliphatic heterocycles. The molecule has 0 aliphatic carbocycles. The number of carbonyl (C=O) groups excluding carboxylic acids is 1. The fourth-order valence-corrected chi connectivity index (χ4v) is 4.83. The highest BCUT2D eigenvalue weighted by molar-refractivity contribution is 7.18. The lowest BCUT2D eigenvalue weighted by Crippen LogP contribution is -2.62. The van der Waals surface area contributed by atoms with Gasteiger partial charge in [0.15, 0.2) is 0 Å². The van der Waals surface area contributed by atoms with Gasteiger partial charge in [-0.1, -0.05) is 0 Å². The van der Waals surface area contributed by atoms with Crippen LogP contribution >= 0.6 is 11.3 Å². The van der Waals surface area contributed by atoms with Gasteiger partial charge in [-0.2, -0.15) is 0 Å². The standard InChI is InChI=1S/C17H21N3OS/c1-10-16(12-5-7-20(10)8-6-12)19-17(21)13-3-4-14-15(9-13)22-11(2)18-14/h3-4,9-10,12,16H,5-8H2,1-2H3,(H,19,21)/t10-,16-/m0/s1. The van der Waals surface area contributed by atoms with Crippen LogP contribution in [0.5, 0.6) is 0 Å². The number of nitrogens with zero attached hydrogens (tertiary/aromatic N) is 2. The lowest BCUT2D eigenvalue weighted by atomic mass is 9.79. The molecule has 0 unspecified atom stereocenters. The third kappa shape index (κ3) is 2.32. The molecule has 2 aromatic rings. The predicted molar refractivity (Wildman–Crippen MR) is 89.4 cm³/mol. The summed E-state index contributed by atoms with van der Waals surface area (Å²) in [5.41, 5.74) is 1.73. The quantitative estimate of drug-likeness (QED) is 0.927. The minimum Gasteiger partial charge on any atom is -0.347 e. The second-order valence-electron chi connectivity index (χ2n) is 6.53. The first-order chi connectivity index (χ1) is 10.6. The van der Waals surface area contributed by atoms with Gasteiger partial charge in [0.25, 0.3) is 5.91 Å². The Labute approximate surface area is 134 Å². The molecule has 1 aromatic carbocycles. The average molecular weight is 315 g/mol. The van der Waals surface area contributed by atoms with Gasteiger partial charge in [0.2, 0.25) is 0 Å². The molecule has 0 spiro atoms. The monoisotopic (exact) mass is 315 g/mol. The predicted octanol–water partition coefficient (Wildman–Crippen LogP) is 2.82. The number of aryl methyl sites for hydroxylation is 1. The maximum Gasteiger partial charge on any atom is 0.251 e. The fourth-order valence-electron chi connectivity index (χ4n) is 3.96. The Morgan fingerprint density at radius 2 is 2.14 bits per heavy atom. The van der Waals surface area contributed by atoms with Gasteiger partial charge in [-0.05, 0) is 63.9 Å². The molecule has 5 rings (SSSR count). The summed E-state index contributed by atoms with van der Waals surface area (Å²) in [6, 6.07) is 6.55. The Kier molecular flexibility index (Phi) is 3.42. The zero-order valence-electron chi connectivity index (χ0n) is 13.0. The molecule has 2 atom stereocenters. The van der Waals surface area contributed by atoms with E-state index < -0.39 is 0 Å². The highest BCUT2D eigenvalue weighted by atomic mass is 32.1. The maximum absolute atomic E-state index is 12.6. The van der Waals surface area contributed by atoms with Crippen molar-refractivity contribution in [1.29, 1.82) is 0 Å². The molecule has 5 heteroatoms. The highest BCUT2D eigenvalue weighted by Crippen LogP contribution is 2.32. The lowest BCUT2D eigenvalue weighted by Gasteiger charge is -2.49. The smallest absolute Gasteiger partial charge is 0.251 e. The summed E-state index contributed by atoms with van der Waals surface area (Å²) < 4.78 is 1.09. The summed E-state index contributed by atoms with van der Waals surface area (Å²) in [5.74, 6) is 0.692. The van der Waals surface area contributed by atoms with Crippen LogP contribution in [0, 0.1) is 12.8 Å². The number of hydrogen-bond donors (Lipinski definition) is 1. The van der Waals surface area contributed by atoms with Gasteiger partial charge in [-0.3, -0.25) is 9.69 Å². The minimum absolute atomic E-state index is 0.0542. The van der Waals surface area contributed by atoms with E-state index in [0.717, 1.165) is 20.8 Å². The van der Waals surface area contributed by atoms with Gasteiger partial charge in [-0.25, -0.2) is 4.98 Å². The van der Waals surface area contributed by atoms with Crippen LogP contribution in [0.1, 0.15) is 35.1 Å². The molecular weight excluding hydrogens is 294 g/mol. The molecule has 4 nitrogen and oxygen atoms in total. The second-order valence-corrected chi connectivity index (χ2v) is 7.76. The summed E-state index contributed by atoms with van der Waals surface area (Å²) in [7, 11) is 0. The van der Waals surface area contributed by atoms with Gasteiger partial charge >= 0.3 is 0 Å². The minimum atomic E-state index is 0.0542. The Balaban J connectivity index is 1.55. The van der Waals surface area contributed by atoms with Crippen molar-refractivity contribution in [1.82, 2.24) is 15.2 Å². The van der Waals surface area contributed by atoms with Crippen molar-refractivity contribution in [3.8, 4) is 0 Å². The normalized spacial score (nSPS) is 30.6. The number of benzene rings is 1. The third-order valence-corrected chi connectivity index (χ3v) is 6.17. The number of thiazole rings is 1. The van der Waals surface area contributed by atoms with Gasteiger partial charge in [0, 0.05) is 17.6 Å². The molecule has 3 saturated heterocycles. The molecule has 0 saturated carbocycles. The van der Waals surface area contributed by atoms with E-state index in [9.17, 15) is 4.79 Å². The fraction of sp³-hybridized carbons (Fsp3) is 0.529. The summed E-state index contributed by atoms with van der Waals surface area (Å²) >= 11 is 1.64. The van der Waals surface area contributed by atoms with Crippen LogP contribution in [0.25, 0.3) is 10.2 Å². The van der Waals surface area contributed by atoms with Crippen molar-refractivity contribution >= 4 is 27.5 Å². The first-order valence-electron chi connectivity index (χ1n) is 8.04. The molecule has 3 fully saturated rings. The lowest BCUT2D eigenvalue weighted by molar-refractivity contribution is 0.0217. The van der Waals surface area contributed by atoms with Gasteiger partial charge in [0.1, 0.15) is 0 Å². The number of fused-ring (bicyclic) bond motifs is 4. The van der Waals surface area contributed by atoms with Crippen molar-refractivity contribution in [2.24, 2.45) is 5.92 Å². The van der Waals surface area contributed by atoms with Crippen molar-refractivity contribution in [3.05, 3.63) is 28.8 Å². The van der Waals surface area contributed by atoms with Crippen LogP contribution < -0.4 is 5.32 Å². The van der Waals surface area contributed by atoms with E-state index in [1.807, 2.05) is 25.1 Å². The van der Waals surface area contributed by atoms with Crippen molar-refractivity contribution in [3.63, 3.8) is 0 Å². The summed E-state index contributed by atoms with van der Waals surface area (Å²) in [6.45, 7) is 6.61. The number of amides is 1. The van der Waals surface area contributed by atoms with E-state index >= 15 is 0 Å². The summed E-state index contributed by atoms with van der Waals surface area (Å²) in [5, 5.41) is 4.33. The van der Waals surface area contributed by atoms with Crippen molar-refractivity contribution in [2.75, 3.05) is 13.1 Å². The van der Waals surface area contributed by atoms with Crippen LogP contribution in [0.3, 0.4) is 0 Å². The number of hydrogen-bond acceptors (Lipinski definition) is 4. The third-order valence-electron chi connectivity index (χ3n) is 5.23. The molecule has 1 amide bonds. The van der Waals surface area contributed by atoms with Crippen molar-refractivity contribution < 1.29 is 4.79 Å². The Bertz CT molecular complexity index is 716. The number of rotatable bonds is 2. The molecule has 0 radical (unpaired) electrons. The van der Waals surface area contributed by atoms with Gasteiger partial charge in [-0.15, -0.1) is 11.3 Å². The molecule has 2 bridgehead atoms. The Morgan fingerprint density at radius 1 is 1.36 bits per heavy atom. The van der Waals surface area contributed by atoms with Gasteiger partial charge in [0.05, 0.1) is 15.2 Å². The topological polar surface area (TPSA) is 45.2 Å². The molecule has 1 aromatic heterocycles. The first-order valence-corrected chi connectivity index (χ1v) is 8.85. The molecule has 3 aliphatic rings. The van der Waals surface area contributed by atoms with E-state index in [4.69, 9.17) is 0 Å². The van der Waals surface area contributed by atoms with Crippen molar-refractivity contribution in [2.45, 2.75) is 38.8 Å². The SMILES string of the molecule is Cc1nc2ccc(C(=O)N[C@@H]3C4CCN(CC4)[C@H]3C)cc2s1. The number of carbonyl (C=O) groups is 1. The van der Waals surface area contributed by atoms with E-state index in [1.54, 1.807) is 11.3 Å². The summed E-state index contributed by atoms with van der Waals surface area (Å²) in [4.78, 5) is 19.6. The number of piperidine rings is 3. The van der Waals surface area contributed by atoms with Crippen LogP contribution in [0.4, 0.5) is 0 Å². The van der Waals surface area contributed by atoms with E-state index in [0.29, 0.717) is 12.0 Å². The van der Waals surface area contributed by atoms with E-state index in [-0.39, 0.29) is 11.9 Å². The summed E-state index contributed by atoms with van der Waals surface area (Å²) in [6.07, 6.45) is 2.42. The highest BCUT2D eigenvalue weighted by Gasteiger charge is 2.40. The zero-order chi connectivity index (χ0) is 15.3. The van der Waals surface area contributed by atoms with Crippen LogP contribution in [-0.4, -0.2) is 41.0 Å². The second kappa shape index (κ2) is 5.32. The molecular formula is C17H21N3OS. The molecule has 1 N–H and O–H groups in total. The van der Waals surface area contributed by atoms with Crippen LogP contribution in [-0.2, 0) is 0 Å². The molecule has 4 heterocycles. The Morgan fingerprint density at radius 3 is 2.86 bits per heavy atom. The zero-order valence-corrected chi connectivity index (χ0v) is 13.8. The Hall–Kier alpha value is -1.46.